The number of halogens is 3. The molecule has 0 atom stereocenters. The number of fused-ring (bicyclic) bond motifs is 1. The number of nitrogens with one attached hydrogen (secondary N) is 1. The molecule has 0 bridgehead atoms. The van der Waals surface area contributed by atoms with E-state index in [0.717, 1.165) is 12.1 Å². The third-order valence-corrected chi connectivity index (χ3v) is 5.85. The molecule has 0 fully saturated rings. The van der Waals surface area contributed by atoms with Crippen molar-refractivity contribution in [1.82, 2.24) is 9.47 Å². The lowest BCUT2D eigenvalue weighted by atomic mass is 10.1. The number of amides is 2. The van der Waals surface area contributed by atoms with E-state index in [2.05, 4.69) is 5.32 Å². The second-order valence-electron chi connectivity index (χ2n) is 8.03. The lowest BCUT2D eigenvalue weighted by molar-refractivity contribution is 0.102. The fourth-order valence-corrected chi connectivity index (χ4v) is 3.91. The van der Waals surface area contributed by atoms with Crippen LogP contribution >= 0.6 is 0 Å². The number of hydrogen-bond acceptors (Lipinski definition) is 3. The van der Waals surface area contributed by atoms with E-state index in [1.54, 1.807) is 54.9 Å². The molecule has 6 nitrogen and oxygen atoms in total. The average molecular weight is 496 g/mol. The van der Waals surface area contributed by atoms with E-state index in [0.29, 0.717) is 35.6 Å². The normalized spacial score (nSPS) is 10.9. The van der Waals surface area contributed by atoms with Crippen molar-refractivity contribution in [3.63, 3.8) is 0 Å². The van der Waals surface area contributed by atoms with Gasteiger partial charge in [-0.1, -0.05) is 18.2 Å². The van der Waals surface area contributed by atoms with E-state index in [9.17, 15) is 22.8 Å². The standard InChI is InChI=1S/C27H24F3N3O3/c1-3-32(4-2)27(35)36-24-12-11-23-20(13-14-33(23)16-17-7-5-6-8-21(17)29)25(24)31-26(34)19-10-9-18(28)15-22(19)30/h5-15H,3-4,16H2,1-2H3,(H,31,34). The topological polar surface area (TPSA) is 63.6 Å². The first-order valence-electron chi connectivity index (χ1n) is 11.4. The largest absolute Gasteiger partial charge is 0.415 e. The molecule has 2 amide bonds. The first-order chi connectivity index (χ1) is 17.3. The van der Waals surface area contributed by atoms with Crippen molar-refractivity contribution in [2.45, 2.75) is 20.4 Å². The molecule has 3 aromatic carbocycles. The van der Waals surface area contributed by atoms with Gasteiger partial charge in [0.15, 0.2) is 5.75 Å². The molecular weight excluding hydrogens is 471 g/mol. The van der Waals surface area contributed by atoms with Crippen molar-refractivity contribution in [3.8, 4) is 5.75 Å². The Morgan fingerprint density at radius 1 is 0.944 bits per heavy atom. The Kier molecular flexibility index (Phi) is 7.28. The van der Waals surface area contributed by atoms with Crippen molar-refractivity contribution in [1.29, 1.82) is 0 Å². The van der Waals surface area contributed by atoms with Crippen molar-refractivity contribution in [2.75, 3.05) is 18.4 Å². The minimum absolute atomic E-state index is 0.0545. The van der Waals surface area contributed by atoms with Crippen molar-refractivity contribution in [2.24, 2.45) is 0 Å². The van der Waals surface area contributed by atoms with Gasteiger partial charge in [0.25, 0.3) is 5.91 Å². The first-order valence-corrected chi connectivity index (χ1v) is 11.4. The summed E-state index contributed by atoms with van der Waals surface area (Å²) in [6.45, 7) is 4.65. The van der Waals surface area contributed by atoms with Gasteiger partial charge in [0.1, 0.15) is 17.5 Å². The molecule has 36 heavy (non-hydrogen) atoms. The van der Waals surface area contributed by atoms with Crippen LogP contribution in [0.25, 0.3) is 10.9 Å². The van der Waals surface area contributed by atoms with Crippen LogP contribution in [0.15, 0.2) is 66.9 Å². The maximum atomic E-state index is 14.3. The highest BCUT2D eigenvalue weighted by Crippen LogP contribution is 2.35. The van der Waals surface area contributed by atoms with Gasteiger partial charge in [-0.2, -0.15) is 0 Å². The van der Waals surface area contributed by atoms with E-state index in [-0.39, 0.29) is 29.4 Å². The van der Waals surface area contributed by atoms with Gasteiger partial charge in [0.2, 0.25) is 0 Å². The summed E-state index contributed by atoms with van der Waals surface area (Å²) in [7, 11) is 0. The maximum Gasteiger partial charge on any atom is 0.415 e. The quantitative estimate of drug-likeness (QED) is 0.332. The number of carbonyl (C=O) groups excluding carboxylic acids is 2. The Morgan fingerprint density at radius 2 is 1.69 bits per heavy atom. The molecule has 1 aromatic heterocycles. The molecule has 0 unspecified atom stereocenters. The summed E-state index contributed by atoms with van der Waals surface area (Å²) < 4.78 is 49.2. The van der Waals surface area contributed by atoms with Crippen molar-refractivity contribution in [3.05, 3.63) is 95.4 Å². The van der Waals surface area contributed by atoms with Crippen LogP contribution in [0.4, 0.5) is 23.7 Å². The number of benzene rings is 3. The SMILES string of the molecule is CCN(CC)C(=O)Oc1ccc2c(ccn2Cc2ccccc2F)c1NC(=O)c1ccc(F)cc1F. The Balaban J connectivity index is 1.76. The summed E-state index contributed by atoms with van der Waals surface area (Å²) in [5.74, 6) is -2.99. The highest BCUT2D eigenvalue weighted by atomic mass is 19.1. The molecule has 1 heterocycles. The van der Waals surface area contributed by atoms with E-state index >= 15 is 0 Å². The van der Waals surface area contributed by atoms with Crippen LogP contribution in [0.2, 0.25) is 0 Å². The van der Waals surface area contributed by atoms with Gasteiger partial charge in [-0.3, -0.25) is 4.79 Å². The molecule has 186 valence electrons. The summed E-state index contributed by atoms with van der Waals surface area (Å²) in [6.07, 6.45) is 1.09. The zero-order chi connectivity index (χ0) is 25.8. The zero-order valence-corrected chi connectivity index (χ0v) is 19.7. The van der Waals surface area contributed by atoms with E-state index < -0.39 is 23.6 Å². The predicted molar refractivity (Wildman–Crippen MR) is 131 cm³/mol. The van der Waals surface area contributed by atoms with Crippen LogP contribution in [-0.4, -0.2) is 34.6 Å². The van der Waals surface area contributed by atoms with Crippen LogP contribution in [0.5, 0.6) is 5.75 Å². The monoisotopic (exact) mass is 495 g/mol. The number of rotatable bonds is 7. The molecular formula is C27H24F3N3O3. The summed E-state index contributed by atoms with van der Waals surface area (Å²) in [6, 6.07) is 13.9. The summed E-state index contributed by atoms with van der Waals surface area (Å²) in [5.41, 5.74) is 0.844. The fraction of sp³-hybridized carbons (Fsp3) is 0.185. The molecule has 4 rings (SSSR count). The van der Waals surface area contributed by atoms with Gasteiger partial charge in [0, 0.05) is 36.3 Å². The molecule has 0 radical (unpaired) electrons. The van der Waals surface area contributed by atoms with Crippen molar-refractivity contribution >= 4 is 28.6 Å². The second-order valence-corrected chi connectivity index (χ2v) is 8.03. The molecule has 9 heteroatoms. The molecule has 0 aliphatic heterocycles. The summed E-state index contributed by atoms with van der Waals surface area (Å²) in [5, 5.41) is 3.11. The van der Waals surface area contributed by atoms with Crippen LogP contribution in [0.3, 0.4) is 0 Å². The molecule has 0 spiro atoms. The number of aromatic nitrogens is 1. The third-order valence-electron chi connectivity index (χ3n) is 5.85. The summed E-state index contributed by atoms with van der Waals surface area (Å²) >= 11 is 0. The average Bonchev–Trinajstić information content (AvgIpc) is 3.25. The Bertz CT molecular complexity index is 1430. The Morgan fingerprint density at radius 3 is 2.39 bits per heavy atom. The van der Waals surface area contributed by atoms with Gasteiger partial charge in [-0.05, 0) is 50.2 Å². The fourth-order valence-electron chi connectivity index (χ4n) is 3.91. The number of hydrogen-bond donors (Lipinski definition) is 1. The van der Waals surface area contributed by atoms with Crippen LogP contribution in [0.1, 0.15) is 29.8 Å². The number of anilines is 1. The molecule has 0 saturated heterocycles. The van der Waals surface area contributed by atoms with Crippen molar-refractivity contribution < 1.29 is 27.5 Å². The highest BCUT2D eigenvalue weighted by molar-refractivity contribution is 6.10. The maximum absolute atomic E-state index is 14.3. The zero-order valence-electron chi connectivity index (χ0n) is 19.7. The predicted octanol–water partition coefficient (Wildman–Crippen LogP) is 6.20. The van der Waals surface area contributed by atoms with E-state index in [4.69, 9.17) is 4.74 Å². The van der Waals surface area contributed by atoms with Gasteiger partial charge < -0.3 is 19.5 Å². The minimum Gasteiger partial charge on any atom is -0.408 e. The Labute approximate surface area is 205 Å². The van der Waals surface area contributed by atoms with Gasteiger partial charge >= 0.3 is 6.09 Å². The van der Waals surface area contributed by atoms with Crippen LogP contribution in [0, 0.1) is 17.5 Å². The smallest absolute Gasteiger partial charge is 0.408 e. The van der Waals surface area contributed by atoms with Gasteiger partial charge in [-0.15, -0.1) is 0 Å². The minimum atomic E-state index is -1.03. The molecule has 0 aliphatic rings. The lowest BCUT2D eigenvalue weighted by Gasteiger charge is -2.20. The summed E-state index contributed by atoms with van der Waals surface area (Å²) in [4.78, 5) is 27.0. The van der Waals surface area contributed by atoms with E-state index in [1.165, 1.54) is 17.0 Å². The lowest BCUT2D eigenvalue weighted by Crippen LogP contribution is -2.33. The van der Waals surface area contributed by atoms with Crippen LogP contribution < -0.4 is 10.1 Å². The molecule has 4 aromatic rings. The third kappa shape index (κ3) is 5.05. The number of carbonyl (C=O) groups is 2. The van der Waals surface area contributed by atoms with Crippen LogP contribution in [-0.2, 0) is 6.54 Å². The molecule has 0 aliphatic carbocycles. The number of nitrogens with zero attached hydrogens (tertiary/aromatic N) is 2. The molecule has 0 saturated carbocycles. The van der Waals surface area contributed by atoms with Gasteiger partial charge in [0.05, 0.1) is 23.3 Å². The highest BCUT2D eigenvalue weighted by Gasteiger charge is 2.21. The van der Waals surface area contributed by atoms with E-state index in [1.807, 2.05) is 0 Å². The Hall–Kier alpha value is -4.27. The van der Waals surface area contributed by atoms with Gasteiger partial charge in [-0.25, -0.2) is 18.0 Å². The second kappa shape index (κ2) is 10.6. The number of ether oxygens (including phenoxy) is 1. The molecule has 1 N–H and O–H groups in total. The first kappa shape index (κ1) is 24.8.